The van der Waals surface area contributed by atoms with E-state index < -0.39 is 11.9 Å². The summed E-state index contributed by atoms with van der Waals surface area (Å²) in [4.78, 5) is 22.7. The Morgan fingerprint density at radius 2 is 1.94 bits per heavy atom. The number of amides is 1. The molecule has 18 heavy (non-hydrogen) atoms. The summed E-state index contributed by atoms with van der Waals surface area (Å²) in [6.45, 7) is 0.611. The summed E-state index contributed by atoms with van der Waals surface area (Å²) >= 11 is 0. The van der Waals surface area contributed by atoms with Gasteiger partial charge in [0.05, 0.1) is 17.9 Å². The van der Waals surface area contributed by atoms with Gasteiger partial charge in [0.1, 0.15) is 0 Å². The van der Waals surface area contributed by atoms with Crippen molar-refractivity contribution >= 4 is 11.9 Å². The molecule has 4 atom stereocenters. The maximum atomic E-state index is 11.9. The molecule has 0 radical (unpaired) electrons. The summed E-state index contributed by atoms with van der Waals surface area (Å²) in [5.41, 5.74) is 0. The average molecular weight is 255 g/mol. The largest absolute Gasteiger partial charge is 0.481 e. The van der Waals surface area contributed by atoms with Crippen molar-refractivity contribution in [2.75, 3.05) is 13.7 Å². The van der Waals surface area contributed by atoms with Crippen LogP contribution in [0.15, 0.2) is 0 Å². The smallest absolute Gasteiger partial charge is 0.307 e. The van der Waals surface area contributed by atoms with Crippen molar-refractivity contribution in [3.05, 3.63) is 0 Å². The van der Waals surface area contributed by atoms with Gasteiger partial charge in [-0.05, 0) is 25.7 Å². The Balaban J connectivity index is 1.76. The molecule has 0 saturated heterocycles. The Labute approximate surface area is 107 Å². The van der Waals surface area contributed by atoms with Crippen LogP contribution in [0.4, 0.5) is 0 Å². The molecular weight excluding hydrogens is 234 g/mol. The van der Waals surface area contributed by atoms with Gasteiger partial charge in [0.15, 0.2) is 0 Å². The van der Waals surface area contributed by atoms with Gasteiger partial charge in [0.25, 0.3) is 0 Å². The van der Waals surface area contributed by atoms with Crippen molar-refractivity contribution in [2.24, 2.45) is 17.8 Å². The molecule has 0 aromatic carbocycles. The molecule has 2 aliphatic rings. The van der Waals surface area contributed by atoms with Gasteiger partial charge in [0.2, 0.25) is 5.91 Å². The number of hydrogen-bond acceptors (Lipinski definition) is 3. The van der Waals surface area contributed by atoms with Crippen LogP contribution in [-0.4, -0.2) is 36.7 Å². The monoisotopic (exact) mass is 255 g/mol. The van der Waals surface area contributed by atoms with E-state index in [-0.39, 0.29) is 17.9 Å². The van der Waals surface area contributed by atoms with Gasteiger partial charge in [0, 0.05) is 19.6 Å². The maximum absolute atomic E-state index is 11.9. The highest BCUT2D eigenvalue weighted by Gasteiger charge is 2.41. The lowest BCUT2D eigenvalue weighted by atomic mass is 9.73. The van der Waals surface area contributed by atoms with Crippen molar-refractivity contribution in [3.8, 4) is 0 Å². The molecule has 2 saturated carbocycles. The van der Waals surface area contributed by atoms with Crippen molar-refractivity contribution < 1.29 is 19.4 Å². The molecule has 2 N–H and O–H groups in total. The molecule has 1 amide bonds. The van der Waals surface area contributed by atoms with E-state index in [4.69, 9.17) is 9.84 Å². The first-order chi connectivity index (χ1) is 8.63. The average Bonchev–Trinajstić information content (AvgIpc) is 2.71. The number of carboxylic acid groups (broad SMARTS) is 1. The summed E-state index contributed by atoms with van der Waals surface area (Å²) in [6.07, 6.45) is 4.82. The molecule has 5 heteroatoms. The third kappa shape index (κ3) is 2.66. The first kappa shape index (κ1) is 13.3. The number of carbonyl (C=O) groups excluding carboxylic acids is 1. The van der Waals surface area contributed by atoms with E-state index in [1.54, 1.807) is 7.11 Å². The van der Waals surface area contributed by atoms with Crippen molar-refractivity contribution in [3.63, 3.8) is 0 Å². The summed E-state index contributed by atoms with van der Waals surface area (Å²) in [5.74, 6) is -1.38. The fourth-order valence-electron chi connectivity index (χ4n) is 3.02. The third-order valence-corrected chi connectivity index (χ3v) is 4.36. The minimum absolute atomic E-state index is 0.101. The van der Waals surface area contributed by atoms with Gasteiger partial charge in [-0.3, -0.25) is 9.59 Å². The lowest BCUT2D eigenvalue weighted by molar-refractivity contribution is -0.152. The Hall–Kier alpha value is -1.10. The second-order valence-corrected chi connectivity index (χ2v) is 5.34. The fraction of sp³-hybridized carbons (Fsp3) is 0.846. The highest BCUT2D eigenvalue weighted by molar-refractivity contribution is 5.86. The summed E-state index contributed by atoms with van der Waals surface area (Å²) < 4.78 is 5.37. The molecule has 2 fully saturated rings. The zero-order valence-electron chi connectivity index (χ0n) is 10.7. The Kier molecular flexibility index (Phi) is 4.22. The normalized spacial score (nSPS) is 34.9. The second-order valence-electron chi connectivity index (χ2n) is 5.34. The zero-order chi connectivity index (χ0) is 13.1. The topological polar surface area (TPSA) is 75.6 Å². The molecule has 2 aliphatic carbocycles. The standard InChI is InChI=1S/C13H21NO4/c1-18-11-4-2-3-8(11)7-14-12(15)9-5-6-10(9)13(16)17/h8-11H,2-7H2,1H3,(H,14,15)(H,16,17). The van der Waals surface area contributed by atoms with E-state index in [2.05, 4.69) is 5.32 Å². The number of carbonyl (C=O) groups is 2. The quantitative estimate of drug-likeness (QED) is 0.769. The molecule has 102 valence electrons. The molecular formula is C13H21NO4. The van der Waals surface area contributed by atoms with Crippen LogP contribution in [0.3, 0.4) is 0 Å². The Bertz CT molecular complexity index is 331. The van der Waals surface area contributed by atoms with Gasteiger partial charge < -0.3 is 15.2 Å². The van der Waals surface area contributed by atoms with Crippen LogP contribution in [-0.2, 0) is 14.3 Å². The van der Waals surface area contributed by atoms with E-state index in [0.29, 0.717) is 25.3 Å². The van der Waals surface area contributed by atoms with Gasteiger partial charge in [-0.1, -0.05) is 6.42 Å². The molecule has 0 aromatic rings. The molecule has 0 spiro atoms. The van der Waals surface area contributed by atoms with Crippen LogP contribution in [0.25, 0.3) is 0 Å². The van der Waals surface area contributed by atoms with Crippen LogP contribution in [0.5, 0.6) is 0 Å². The minimum Gasteiger partial charge on any atom is -0.481 e. The van der Waals surface area contributed by atoms with Crippen molar-refractivity contribution in [2.45, 2.75) is 38.2 Å². The molecule has 2 rings (SSSR count). The van der Waals surface area contributed by atoms with E-state index in [9.17, 15) is 9.59 Å². The molecule has 0 bridgehead atoms. The van der Waals surface area contributed by atoms with Gasteiger partial charge >= 0.3 is 5.97 Å². The van der Waals surface area contributed by atoms with Gasteiger partial charge in [-0.2, -0.15) is 0 Å². The number of carboxylic acids is 1. The summed E-state index contributed by atoms with van der Waals surface area (Å²) in [7, 11) is 1.71. The number of hydrogen-bond donors (Lipinski definition) is 2. The van der Waals surface area contributed by atoms with Crippen LogP contribution in [0, 0.1) is 17.8 Å². The van der Waals surface area contributed by atoms with Crippen LogP contribution in [0.2, 0.25) is 0 Å². The highest BCUT2D eigenvalue weighted by Crippen LogP contribution is 2.34. The number of methoxy groups -OCH3 is 1. The Morgan fingerprint density at radius 3 is 2.50 bits per heavy atom. The van der Waals surface area contributed by atoms with Crippen LogP contribution in [0.1, 0.15) is 32.1 Å². The van der Waals surface area contributed by atoms with E-state index >= 15 is 0 Å². The summed E-state index contributed by atoms with van der Waals surface area (Å²) in [6, 6.07) is 0. The second kappa shape index (κ2) is 5.69. The number of aliphatic carboxylic acids is 1. The van der Waals surface area contributed by atoms with Crippen LogP contribution < -0.4 is 5.32 Å². The lowest BCUT2D eigenvalue weighted by Crippen LogP contribution is -2.45. The lowest BCUT2D eigenvalue weighted by Gasteiger charge is -2.32. The predicted octanol–water partition coefficient (Wildman–Crippen LogP) is 1.03. The number of ether oxygens (including phenoxy) is 1. The van der Waals surface area contributed by atoms with Gasteiger partial charge in [-0.25, -0.2) is 0 Å². The maximum Gasteiger partial charge on any atom is 0.307 e. The number of rotatable bonds is 5. The molecule has 0 heterocycles. The molecule has 4 unspecified atom stereocenters. The van der Waals surface area contributed by atoms with Crippen molar-refractivity contribution in [1.82, 2.24) is 5.32 Å². The first-order valence-corrected chi connectivity index (χ1v) is 6.66. The Morgan fingerprint density at radius 1 is 1.22 bits per heavy atom. The zero-order valence-corrected chi connectivity index (χ0v) is 10.7. The first-order valence-electron chi connectivity index (χ1n) is 6.66. The minimum atomic E-state index is -0.850. The molecule has 5 nitrogen and oxygen atoms in total. The molecule has 0 aliphatic heterocycles. The predicted molar refractivity (Wildman–Crippen MR) is 65.0 cm³/mol. The highest BCUT2D eigenvalue weighted by atomic mass is 16.5. The van der Waals surface area contributed by atoms with Gasteiger partial charge in [-0.15, -0.1) is 0 Å². The summed E-state index contributed by atoms with van der Waals surface area (Å²) in [5, 5.41) is 11.8. The van der Waals surface area contributed by atoms with E-state index in [1.165, 1.54) is 0 Å². The van der Waals surface area contributed by atoms with Crippen LogP contribution >= 0.6 is 0 Å². The third-order valence-electron chi connectivity index (χ3n) is 4.36. The fourth-order valence-corrected chi connectivity index (χ4v) is 3.02. The van der Waals surface area contributed by atoms with Crippen molar-refractivity contribution in [1.29, 1.82) is 0 Å². The molecule has 0 aromatic heterocycles. The van der Waals surface area contributed by atoms with E-state index in [0.717, 1.165) is 19.3 Å². The van der Waals surface area contributed by atoms with E-state index in [1.807, 2.05) is 0 Å². The number of nitrogens with one attached hydrogen (secondary N) is 1. The SMILES string of the molecule is COC1CCCC1CNC(=O)C1CCC1C(=O)O.